The van der Waals surface area contributed by atoms with Gasteiger partial charge in [0.1, 0.15) is 5.75 Å². The van der Waals surface area contributed by atoms with Crippen molar-refractivity contribution in [1.82, 2.24) is 10.2 Å². The van der Waals surface area contributed by atoms with Crippen LogP contribution >= 0.6 is 11.6 Å². The Balaban J connectivity index is 1.72. The zero-order valence-electron chi connectivity index (χ0n) is 11.6. The van der Waals surface area contributed by atoms with Crippen molar-refractivity contribution in [2.75, 3.05) is 33.3 Å². The highest BCUT2D eigenvalue weighted by atomic mass is 35.5. The van der Waals surface area contributed by atoms with Gasteiger partial charge < -0.3 is 15.0 Å². The molecule has 0 amide bonds. The van der Waals surface area contributed by atoms with E-state index in [1.807, 2.05) is 19.2 Å². The Bertz CT molecular complexity index is 392. The molecule has 1 aromatic rings. The number of hydrogen-bond donors (Lipinski definition) is 1. The molecule has 19 heavy (non-hydrogen) atoms. The van der Waals surface area contributed by atoms with E-state index in [4.69, 9.17) is 16.3 Å². The van der Waals surface area contributed by atoms with Gasteiger partial charge in [-0.1, -0.05) is 17.7 Å². The second-order valence-corrected chi connectivity index (χ2v) is 5.45. The van der Waals surface area contributed by atoms with Gasteiger partial charge in [-0.2, -0.15) is 0 Å². The van der Waals surface area contributed by atoms with Crippen molar-refractivity contribution >= 4 is 11.6 Å². The molecule has 0 radical (unpaired) electrons. The number of rotatable bonds is 7. The first-order valence-corrected chi connectivity index (χ1v) is 7.45. The van der Waals surface area contributed by atoms with Crippen molar-refractivity contribution in [3.05, 3.63) is 28.8 Å². The van der Waals surface area contributed by atoms with E-state index >= 15 is 0 Å². The third kappa shape index (κ3) is 4.68. The largest absolute Gasteiger partial charge is 0.492 e. The smallest absolute Gasteiger partial charge is 0.137 e. The molecule has 3 nitrogen and oxygen atoms in total. The van der Waals surface area contributed by atoms with E-state index in [9.17, 15) is 0 Å². The minimum absolute atomic E-state index is 0.703. The Hall–Kier alpha value is -0.770. The second kappa shape index (κ2) is 7.73. The van der Waals surface area contributed by atoms with E-state index in [1.165, 1.54) is 31.5 Å². The van der Waals surface area contributed by atoms with Crippen molar-refractivity contribution in [1.29, 1.82) is 0 Å². The fourth-order valence-corrected chi connectivity index (χ4v) is 2.71. The first kappa shape index (κ1) is 14.6. The standard InChI is InChI=1S/C15H23ClN2O/c1-17-12-13-5-6-15(14(16)11-13)19-10-4-9-18-7-2-3-8-18/h5-6,11,17H,2-4,7-10,12H2,1H3. The van der Waals surface area contributed by atoms with Crippen molar-refractivity contribution in [3.63, 3.8) is 0 Å². The first-order valence-electron chi connectivity index (χ1n) is 7.08. The SMILES string of the molecule is CNCc1ccc(OCCCN2CCCC2)c(Cl)c1. The predicted molar refractivity (Wildman–Crippen MR) is 80.0 cm³/mol. The molecule has 0 spiro atoms. The van der Waals surface area contributed by atoms with Crippen LogP contribution in [0.4, 0.5) is 0 Å². The summed E-state index contributed by atoms with van der Waals surface area (Å²) in [7, 11) is 1.93. The van der Waals surface area contributed by atoms with Crippen LogP contribution in [0.2, 0.25) is 5.02 Å². The van der Waals surface area contributed by atoms with Gasteiger partial charge in [0, 0.05) is 13.1 Å². The lowest BCUT2D eigenvalue weighted by Crippen LogP contribution is -2.21. The molecule has 1 aliphatic rings. The maximum atomic E-state index is 6.21. The van der Waals surface area contributed by atoms with Crippen molar-refractivity contribution in [2.45, 2.75) is 25.8 Å². The topological polar surface area (TPSA) is 24.5 Å². The molecule has 0 aromatic heterocycles. The minimum Gasteiger partial charge on any atom is -0.492 e. The number of likely N-dealkylation sites (tertiary alicyclic amines) is 1. The van der Waals surface area contributed by atoms with E-state index in [2.05, 4.69) is 16.3 Å². The highest BCUT2D eigenvalue weighted by Gasteiger charge is 2.10. The van der Waals surface area contributed by atoms with E-state index in [1.54, 1.807) is 0 Å². The Labute approximate surface area is 120 Å². The van der Waals surface area contributed by atoms with Crippen LogP contribution in [0, 0.1) is 0 Å². The normalized spacial score (nSPS) is 15.9. The Morgan fingerprint density at radius 1 is 1.32 bits per heavy atom. The predicted octanol–water partition coefficient (Wildman–Crippen LogP) is 2.92. The van der Waals surface area contributed by atoms with Gasteiger partial charge in [-0.15, -0.1) is 0 Å². The minimum atomic E-state index is 0.703. The molecular formula is C15H23ClN2O. The molecule has 1 fully saturated rings. The summed E-state index contributed by atoms with van der Waals surface area (Å²) in [6.07, 6.45) is 3.76. The van der Waals surface area contributed by atoms with Gasteiger partial charge in [0.25, 0.3) is 0 Å². The number of nitrogens with zero attached hydrogens (tertiary/aromatic N) is 1. The van der Waals surface area contributed by atoms with Gasteiger partial charge in [0.05, 0.1) is 11.6 Å². The second-order valence-electron chi connectivity index (χ2n) is 5.05. The molecular weight excluding hydrogens is 260 g/mol. The monoisotopic (exact) mass is 282 g/mol. The fourth-order valence-electron chi connectivity index (χ4n) is 2.45. The average Bonchev–Trinajstić information content (AvgIpc) is 2.90. The number of halogens is 1. The number of nitrogens with one attached hydrogen (secondary N) is 1. The summed E-state index contributed by atoms with van der Waals surface area (Å²) in [6, 6.07) is 5.98. The molecule has 1 aromatic carbocycles. The fraction of sp³-hybridized carbons (Fsp3) is 0.600. The van der Waals surface area contributed by atoms with Crippen LogP contribution < -0.4 is 10.1 Å². The molecule has 0 aliphatic carbocycles. The van der Waals surface area contributed by atoms with Gasteiger partial charge >= 0.3 is 0 Å². The molecule has 1 N–H and O–H groups in total. The van der Waals surface area contributed by atoms with Gasteiger partial charge in [-0.25, -0.2) is 0 Å². The van der Waals surface area contributed by atoms with Crippen LogP contribution in [0.25, 0.3) is 0 Å². The summed E-state index contributed by atoms with van der Waals surface area (Å²) in [6.45, 7) is 5.20. The van der Waals surface area contributed by atoms with E-state index in [0.29, 0.717) is 5.02 Å². The van der Waals surface area contributed by atoms with Gasteiger partial charge in [0.15, 0.2) is 0 Å². The van der Waals surface area contributed by atoms with E-state index < -0.39 is 0 Å². The molecule has 2 rings (SSSR count). The van der Waals surface area contributed by atoms with Gasteiger partial charge in [0.2, 0.25) is 0 Å². The lowest BCUT2D eigenvalue weighted by molar-refractivity contribution is 0.263. The highest BCUT2D eigenvalue weighted by Crippen LogP contribution is 2.25. The zero-order chi connectivity index (χ0) is 13.5. The highest BCUT2D eigenvalue weighted by molar-refractivity contribution is 6.32. The van der Waals surface area contributed by atoms with Crippen LogP contribution in [-0.2, 0) is 6.54 Å². The Morgan fingerprint density at radius 3 is 2.79 bits per heavy atom. The third-order valence-electron chi connectivity index (χ3n) is 3.45. The molecule has 0 atom stereocenters. The summed E-state index contributed by atoms with van der Waals surface area (Å²) in [5, 5.41) is 3.81. The summed E-state index contributed by atoms with van der Waals surface area (Å²) >= 11 is 6.21. The lowest BCUT2D eigenvalue weighted by Gasteiger charge is -2.15. The van der Waals surface area contributed by atoms with Crippen LogP contribution in [-0.4, -0.2) is 38.2 Å². The maximum Gasteiger partial charge on any atom is 0.137 e. The molecule has 1 saturated heterocycles. The molecule has 4 heteroatoms. The van der Waals surface area contributed by atoms with Crippen LogP contribution in [0.1, 0.15) is 24.8 Å². The lowest BCUT2D eigenvalue weighted by atomic mass is 10.2. The molecule has 0 unspecified atom stereocenters. The quantitative estimate of drug-likeness (QED) is 0.778. The molecule has 1 heterocycles. The van der Waals surface area contributed by atoms with Gasteiger partial charge in [-0.05, 0) is 57.1 Å². The maximum absolute atomic E-state index is 6.21. The summed E-state index contributed by atoms with van der Waals surface area (Å²) in [5.74, 6) is 0.794. The molecule has 0 saturated carbocycles. The molecule has 0 bridgehead atoms. The van der Waals surface area contributed by atoms with Gasteiger partial charge in [-0.3, -0.25) is 0 Å². The van der Waals surface area contributed by atoms with Crippen molar-refractivity contribution in [3.8, 4) is 5.75 Å². The number of ether oxygens (including phenoxy) is 1. The number of hydrogen-bond acceptors (Lipinski definition) is 3. The van der Waals surface area contributed by atoms with Crippen LogP contribution in [0.5, 0.6) is 5.75 Å². The molecule has 1 aliphatic heterocycles. The first-order chi connectivity index (χ1) is 9.29. The Kier molecular flexibility index (Phi) is 5.95. The van der Waals surface area contributed by atoms with Crippen molar-refractivity contribution < 1.29 is 4.74 Å². The van der Waals surface area contributed by atoms with Crippen LogP contribution in [0.15, 0.2) is 18.2 Å². The van der Waals surface area contributed by atoms with E-state index in [-0.39, 0.29) is 0 Å². The number of benzene rings is 1. The summed E-state index contributed by atoms with van der Waals surface area (Å²) in [4.78, 5) is 2.50. The average molecular weight is 283 g/mol. The summed E-state index contributed by atoms with van der Waals surface area (Å²) in [5.41, 5.74) is 1.18. The van der Waals surface area contributed by atoms with Crippen molar-refractivity contribution in [2.24, 2.45) is 0 Å². The third-order valence-corrected chi connectivity index (χ3v) is 3.75. The molecule has 106 valence electrons. The van der Waals surface area contributed by atoms with E-state index in [0.717, 1.165) is 31.9 Å². The van der Waals surface area contributed by atoms with Crippen LogP contribution in [0.3, 0.4) is 0 Å². The summed E-state index contributed by atoms with van der Waals surface area (Å²) < 4.78 is 5.75. The Morgan fingerprint density at radius 2 is 2.11 bits per heavy atom. The zero-order valence-corrected chi connectivity index (χ0v) is 12.4.